The summed E-state index contributed by atoms with van der Waals surface area (Å²) in [5, 5.41) is 3.89. The van der Waals surface area contributed by atoms with Crippen molar-refractivity contribution in [1.82, 2.24) is 5.32 Å². The Kier molecular flexibility index (Phi) is 7.18. The van der Waals surface area contributed by atoms with Crippen LogP contribution in [0.15, 0.2) is 24.3 Å². The number of nitrogens with one attached hydrogen (secondary N) is 1. The maximum Gasteiger partial charge on any atom is 0.220 e. The van der Waals surface area contributed by atoms with E-state index in [1.807, 2.05) is 18.2 Å². The van der Waals surface area contributed by atoms with Crippen LogP contribution >= 0.6 is 11.6 Å². The second-order valence-corrected chi connectivity index (χ2v) is 8.90. The van der Waals surface area contributed by atoms with Gasteiger partial charge in [-0.3, -0.25) is 4.79 Å². The number of amides is 1. The summed E-state index contributed by atoms with van der Waals surface area (Å²) in [7, 11) is 0. The van der Waals surface area contributed by atoms with Crippen LogP contribution in [0.4, 0.5) is 0 Å². The molecule has 3 atom stereocenters. The molecule has 1 aromatic carbocycles. The molecule has 0 aliphatic carbocycles. The molecule has 0 bridgehead atoms. The van der Waals surface area contributed by atoms with Crippen LogP contribution < -0.4 is 5.32 Å². The molecule has 3 rings (SSSR count). The van der Waals surface area contributed by atoms with Crippen molar-refractivity contribution in [2.24, 2.45) is 11.3 Å². The van der Waals surface area contributed by atoms with Gasteiger partial charge in [-0.1, -0.05) is 43.6 Å². The average molecular weight is 394 g/mol. The van der Waals surface area contributed by atoms with Gasteiger partial charge >= 0.3 is 0 Å². The SMILES string of the molecule is CC(C)[C@@H]1C[C@](CC(=O)NC[C@H]2CCCO2)(Cc2ccccc2Cl)CCO1. The van der Waals surface area contributed by atoms with Gasteiger partial charge in [0, 0.05) is 31.2 Å². The Labute approximate surface area is 168 Å². The standard InChI is InChI=1S/C22H32ClNO3/c1-16(2)20-13-22(9-11-27-20,12-17-6-3-4-8-19(17)23)14-21(25)24-15-18-7-5-10-26-18/h3-4,6,8,16,18,20H,5,7,9-15H2,1-2H3,(H,24,25)/t18-,20+,22-/m1/s1. The normalized spacial score (nSPS) is 28.4. The Balaban J connectivity index is 1.70. The van der Waals surface area contributed by atoms with Crippen molar-refractivity contribution in [1.29, 1.82) is 0 Å². The molecule has 0 unspecified atom stereocenters. The summed E-state index contributed by atoms with van der Waals surface area (Å²) in [6.07, 6.45) is 5.58. The molecule has 5 heteroatoms. The van der Waals surface area contributed by atoms with Crippen molar-refractivity contribution in [3.8, 4) is 0 Å². The molecule has 4 nitrogen and oxygen atoms in total. The second kappa shape index (κ2) is 9.40. The zero-order valence-electron chi connectivity index (χ0n) is 16.5. The Hall–Kier alpha value is -1.10. The lowest BCUT2D eigenvalue weighted by Gasteiger charge is -2.42. The molecule has 150 valence electrons. The Morgan fingerprint density at radius 1 is 1.30 bits per heavy atom. The maximum atomic E-state index is 12.8. The van der Waals surface area contributed by atoms with Crippen molar-refractivity contribution in [3.63, 3.8) is 0 Å². The van der Waals surface area contributed by atoms with E-state index in [-0.39, 0.29) is 23.5 Å². The molecule has 0 saturated carbocycles. The summed E-state index contributed by atoms with van der Waals surface area (Å²) < 4.78 is 11.6. The molecule has 1 N–H and O–H groups in total. The first-order valence-electron chi connectivity index (χ1n) is 10.2. The zero-order valence-corrected chi connectivity index (χ0v) is 17.3. The smallest absolute Gasteiger partial charge is 0.220 e. The van der Waals surface area contributed by atoms with Crippen LogP contribution in [0.5, 0.6) is 0 Å². The van der Waals surface area contributed by atoms with Gasteiger partial charge in [0.25, 0.3) is 0 Å². The largest absolute Gasteiger partial charge is 0.378 e. The van der Waals surface area contributed by atoms with E-state index in [9.17, 15) is 4.79 Å². The molecular weight excluding hydrogens is 362 g/mol. The number of hydrogen-bond acceptors (Lipinski definition) is 3. The number of halogens is 1. The number of ether oxygens (including phenoxy) is 2. The third-order valence-corrected chi connectivity index (χ3v) is 6.32. The van der Waals surface area contributed by atoms with Crippen molar-refractivity contribution in [2.45, 2.75) is 64.6 Å². The Morgan fingerprint density at radius 2 is 2.11 bits per heavy atom. The van der Waals surface area contributed by atoms with Crippen LogP contribution in [0.3, 0.4) is 0 Å². The summed E-state index contributed by atoms with van der Waals surface area (Å²) in [4.78, 5) is 12.8. The van der Waals surface area contributed by atoms with Gasteiger partial charge in [0.1, 0.15) is 0 Å². The number of benzene rings is 1. The fourth-order valence-corrected chi connectivity index (χ4v) is 4.51. The van der Waals surface area contributed by atoms with Gasteiger partial charge in [0.2, 0.25) is 5.91 Å². The highest BCUT2D eigenvalue weighted by Crippen LogP contribution is 2.42. The van der Waals surface area contributed by atoms with E-state index < -0.39 is 0 Å². The van der Waals surface area contributed by atoms with Gasteiger partial charge in [-0.15, -0.1) is 0 Å². The first-order valence-corrected chi connectivity index (χ1v) is 10.6. The molecule has 2 heterocycles. The van der Waals surface area contributed by atoms with Gasteiger partial charge in [0.15, 0.2) is 0 Å². The lowest BCUT2D eigenvalue weighted by molar-refractivity contribution is -0.128. The lowest BCUT2D eigenvalue weighted by atomic mass is 9.69. The van der Waals surface area contributed by atoms with Crippen LogP contribution in [-0.4, -0.2) is 37.9 Å². The minimum Gasteiger partial charge on any atom is -0.378 e. The fourth-order valence-electron chi connectivity index (χ4n) is 4.31. The van der Waals surface area contributed by atoms with Crippen molar-refractivity contribution in [2.75, 3.05) is 19.8 Å². The molecule has 0 radical (unpaired) electrons. The highest BCUT2D eigenvalue weighted by molar-refractivity contribution is 6.31. The van der Waals surface area contributed by atoms with Crippen LogP contribution in [-0.2, 0) is 20.7 Å². The fraction of sp³-hybridized carbons (Fsp3) is 0.682. The van der Waals surface area contributed by atoms with Gasteiger partial charge in [-0.2, -0.15) is 0 Å². The van der Waals surface area contributed by atoms with E-state index in [0.717, 1.165) is 49.3 Å². The van der Waals surface area contributed by atoms with Crippen molar-refractivity contribution < 1.29 is 14.3 Å². The molecule has 27 heavy (non-hydrogen) atoms. The number of hydrogen-bond donors (Lipinski definition) is 1. The predicted molar refractivity (Wildman–Crippen MR) is 108 cm³/mol. The van der Waals surface area contributed by atoms with Crippen LogP contribution in [0.1, 0.15) is 51.5 Å². The zero-order chi connectivity index (χ0) is 19.3. The highest BCUT2D eigenvalue weighted by atomic mass is 35.5. The van der Waals surface area contributed by atoms with Gasteiger partial charge < -0.3 is 14.8 Å². The van der Waals surface area contributed by atoms with Gasteiger partial charge in [0.05, 0.1) is 12.2 Å². The molecule has 0 aromatic heterocycles. The molecule has 0 spiro atoms. The summed E-state index contributed by atoms with van der Waals surface area (Å²) in [6, 6.07) is 7.98. The number of carbonyl (C=O) groups excluding carboxylic acids is 1. The highest BCUT2D eigenvalue weighted by Gasteiger charge is 2.40. The molecule has 2 saturated heterocycles. The third kappa shape index (κ3) is 5.69. The monoisotopic (exact) mass is 393 g/mol. The first kappa shape index (κ1) is 20.6. The molecule has 2 fully saturated rings. The molecule has 2 aliphatic rings. The lowest BCUT2D eigenvalue weighted by Crippen LogP contribution is -2.43. The first-order chi connectivity index (χ1) is 13.0. The Bertz CT molecular complexity index is 630. The molecule has 2 aliphatic heterocycles. The van der Waals surface area contributed by atoms with Crippen LogP contribution in [0.25, 0.3) is 0 Å². The van der Waals surface area contributed by atoms with E-state index >= 15 is 0 Å². The Morgan fingerprint density at radius 3 is 2.81 bits per heavy atom. The molecule has 1 amide bonds. The van der Waals surface area contributed by atoms with Crippen LogP contribution in [0, 0.1) is 11.3 Å². The van der Waals surface area contributed by atoms with Crippen molar-refractivity contribution >= 4 is 17.5 Å². The second-order valence-electron chi connectivity index (χ2n) is 8.49. The topological polar surface area (TPSA) is 47.6 Å². The van der Waals surface area contributed by atoms with E-state index in [1.54, 1.807) is 0 Å². The third-order valence-electron chi connectivity index (χ3n) is 5.95. The summed E-state index contributed by atoms with van der Waals surface area (Å²) in [5.41, 5.74) is 1.01. The van der Waals surface area contributed by atoms with E-state index in [4.69, 9.17) is 21.1 Å². The van der Waals surface area contributed by atoms with Crippen LogP contribution in [0.2, 0.25) is 5.02 Å². The number of rotatable bonds is 7. The van der Waals surface area contributed by atoms with E-state index in [0.29, 0.717) is 25.5 Å². The van der Waals surface area contributed by atoms with E-state index in [1.165, 1.54) is 0 Å². The quantitative estimate of drug-likeness (QED) is 0.747. The summed E-state index contributed by atoms with van der Waals surface area (Å²) in [6.45, 7) is 6.50. The summed E-state index contributed by atoms with van der Waals surface area (Å²) in [5.74, 6) is 0.549. The van der Waals surface area contributed by atoms with Crippen molar-refractivity contribution in [3.05, 3.63) is 34.9 Å². The average Bonchev–Trinajstić information content (AvgIpc) is 3.16. The maximum absolute atomic E-state index is 12.8. The molecule has 1 aromatic rings. The van der Waals surface area contributed by atoms with E-state index in [2.05, 4.69) is 25.2 Å². The molecular formula is C22H32ClNO3. The van der Waals surface area contributed by atoms with Gasteiger partial charge in [-0.25, -0.2) is 0 Å². The minimum absolute atomic E-state index is 0.112. The predicted octanol–water partition coefficient (Wildman–Crippen LogP) is 4.39. The van der Waals surface area contributed by atoms with Gasteiger partial charge in [-0.05, 0) is 55.1 Å². The summed E-state index contributed by atoms with van der Waals surface area (Å²) >= 11 is 6.44. The number of carbonyl (C=O) groups is 1. The minimum atomic E-state index is -0.112.